The van der Waals surface area contributed by atoms with E-state index >= 15 is 0 Å². The first-order valence-electron chi connectivity index (χ1n) is 7.91. The van der Waals surface area contributed by atoms with Crippen molar-refractivity contribution in [3.05, 3.63) is 83.2 Å². The van der Waals surface area contributed by atoms with E-state index in [0.717, 1.165) is 23.3 Å². The van der Waals surface area contributed by atoms with Crippen molar-refractivity contribution in [3.8, 4) is 11.1 Å². The molecule has 1 aromatic heterocycles. The maximum Gasteiger partial charge on any atom is 0.261 e. The van der Waals surface area contributed by atoms with Crippen molar-refractivity contribution in [1.29, 1.82) is 0 Å². The van der Waals surface area contributed by atoms with Gasteiger partial charge in [0, 0.05) is 11.3 Å². The van der Waals surface area contributed by atoms with Crippen LogP contribution in [-0.4, -0.2) is 10.9 Å². The molecule has 0 saturated heterocycles. The lowest BCUT2D eigenvalue weighted by Gasteiger charge is -2.09. The number of hydrogen-bond donors (Lipinski definition) is 1. The van der Waals surface area contributed by atoms with Gasteiger partial charge in [0.05, 0.1) is 5.02 Å². The van der Waals surface area contributed by atoms with Crippen LogP contribution in [0, 0.1) is 11.6 Å². The summed E-state index contributed by atoms with van der Waals surface area (Å²) in [6.45, 7) is 0. The maximum atomic E-state index is 13.7. The molecule has 1 N–H and O–H groups in total. The third kappa shape index (κ3) is 3.27. The smallest absolute Gasteiger partial charge is 0.261 e. The molecule has 0 bridgehead atoms. The van der Waals surface area contributed by atoms with Crippen LogP contribution in [0.1, 0.15) is 10.4 Å². The van der Waals surface area contributed by atoms with Crippen LogP contribution >= 0.6 is 11.6 Å². The van der Waals surface area contributed by atoms with Crippen molar-refractivity contribution < 1.29 is 18.0 Å². The molecule has 27 heavy (non-hydrogen) atoms. The Kier molecular flexibility index (Phi) is 4.33. The first-order valence-corrected chi connectivity index (χ1v) is 8.29. The van der Waals surface area contributed by atoms with Crippen LogP contribution in [0.3, 0.4) is 0 Å². The minimum atomic E-state index is -0.920. The lowest BCUT2D eigenvalue weighted by atomic mass is 10.0. The van der Waals surface area contributed by atoms with E-state index in [1.54, 1.807) is 36.4 Å². The molecule has 0 aliphatic rings. The van der Waals surface area contributed by atoms with Crippen LogP contribution in [0.2, 0.25) is 5.02 Å². The van der Waals surface area contributed by atoms with E-state index in [9.17, 15) is 13.6 Å². The van der Waals surface area contributed by atoms with Gasteiger partial charge in [0.25, 0.3) is 5.91 Å². The predicted molar refractivity (Wildman–Crippen MR) is 98.8 cm³/mol. The van der Waals surface area contributed by atoms with Crippen molar-refractivity contribution in [3.63, 3.8) is 0 Å². The van der Waals surface area contributed by atoms with Crippen molar-refractivity contribution >= 4 is 34.3 Å². The highest BCUT2D eigenvalue weighted by Crippen LogP contribution is 2.32. The average Bonchev–Trinajstić information content (AvgIpc) is 3.09. The Morgan fingerprint density at radius 3 is 2.44 bits per heavy atom. The zero-order chi connectivity index (χ0) is 19.0. The van der Waals surface area contributed by atoms with Crippen molar-refractivity contribution in [1.82, 2.24) is 4.98 Å². The summed E-state index contributed by atoms with van der Waals surface area (Å²) < 4.78 is 32.7. The second-order valence-electron chi connectivity index (χ2n) is 5.78. The summed E-state index contributed by atoms with van der Waals surface area (Å²) in [6, 6.07) is 13.4. The number of nitrogens with zero attached hydrogens (tertiary/aromatic N) is 1. The van der Waals surface area contributed by atoms with Gasteiger partial charge in [0.15, 0.2) is 12.0 Å². The van der Waals surface area contributed by atoms with Crippen LogP contribution in [-0.2, 0) is 0 Å². The van der Waals surface area contributed by atoms with Crippen LogP contribution in [0.5, 0.6) is 0 Å². The first-order chi connectivity index (χ1) is 13.0. The molecule has 0 spiro atoms. The molecule has 1 heterocycles. The minimum Gasteiger partial charge on any atom is -0.443 e. The molecular weight excluding hydrogens is 374 g/mol. The van der Waals surface area contributed by atoms with Gasteiger partial charge in [-0.15, -0.1) is 0 Å². The normalized spacial score (nSPS) is 10.9. The number of nitrogens with one attached hydrogen (secondary N) is 1. The Hall–Kier alpha value is -3.25. The largest absolute Gasteiger partial charge is 0.443 e. The number of oxazole rings is 1. The summed E-state index contributed by atoms with van der Waals surface area (Å²) in [4.78, 5) is 16.2. The number of benzene rings is 3. The molecule has 4 nitrogen and oxygen atoms in total. The van der Waals surface area contributed by atoms with Gasteiger partial charge in [-0.3, -0.25) is 4.79 Å². The summed E-state index contributed by atoms with van der Waals surface area (Å²) >= 11 is 6.30. The molecule has 0 radical (unpaired) electrons. The highest BCUT2D eigenvalue weighted by molar-refractivity contribution is 6.34. The number of hydrogen-bond acceptors (Lipinski definition) is 3. The summed E-state index contributed by atoms with van der Waals surface area (Å²) in [7, 11) is 0. The summed E-state index contributed by atoms with van der Waals surface area (Å²) in [5.41, 5.74) is 2.54. The second kappa shape index (κ2) is 6.81. The van der Waals surface area contributed by atoms with Gasteiger partial charge in [0.1, 0.15) is 22.7 Å². The highest BCUT2D eigenvalue weighted by atomic mass is 35.5. The molecule has 0 aliphatic heterocycles. The Morgan fingerprint density at radius 2 is 1.74 bits per heavy atom. The van der Waals surface area contributed by atoms with Crippen LogP contribution in [0.15, 0.2) is 65.4 Å². The third-order valence-corrected chi connectivity index (χ3v) is 4.38. The van der Waals surface area contributed by atoms with E-state index in [-0.39, 0.29) is 0 Å². The zero-order valence-electron chi connectivity index (χ0n) is 13.7. The quantitative estimate of drug-likeness (QED) is 0.494. The van der Waals surface area contributed by atoms with E-state index in [1.165, 1.54) is 12.5 Å². The monoisotopic (exact) mass is 384 g/mol. The fraction of sp³-hybridized carbons (Fsp3) is 0. The number of carbonyl (C=O) groups is 1. The predicted octanol–water partition coefficient (Wildman–Crippen LogP) is 5.68. The van der Waals surface area contributed by atoms with Gasteiger partial charge in [-0.25, -0.2) is 13.8 Å². The third-order valence-electron chi connectivity index (χ3n) is 4.06. The lowest BCUT2D eigenvalue weighted by Crippen LogP contribution is -2.15. The molecule has 7 heteroatoms. The van der Waals surface area contributed by atoms with Crippen LogP contribution < -0.4 is 5.32 Å². The number of carbonyl (C=O) groups excluding carboxylic acids is 1. The molecule has 0 unspecified atom stereocenters. The van der Waals surface area contributed by atoms with E-state index in [4.69, 9.17) is 16.0 Å². The van der Waals surface area contributed by atoms with Gasteiger partial charge in [-0.1, -0.05) is 29.8 Å². The Labute approximate surface area is 157 Å². The number of halogens is 3. The van der Waals surface area contributed by atoms with E-state index in [0.29, 0.717) is 21.8 Å². The maximum absolute atomic E-state index is 13.7. The second-order valence-corrected chi connectivity index (χ2v) is 6.19. The SMILES string of the molecule is O=C(Nc1ccc(-c2cc3ocnc3cc2Cl)cc1)c1c(F)cccc1F. The molecular formula is C20H11ClF2N2O2. The molecule has 0 fully saturated rings. The van der Waals surface area contributed by atoms with Gasteiger partial charge in [0.2, 0.25) is 0 Å². The lowest BCUT2D eigenvalue weighted by molar-refractivity contribution is 0.101. The molecule has 3 aromatic carbocycles. The van der Waals surface area contributed by atoms with E-state index in [2.05, 4.69) is 10.3 Å². The number of amides is 1. The number of anilines is 1. The fourth-order valence-corrected chi connectivity index (χ4v) is 3.01. The van der Waals surface area contributed by atoms with E-state index in [1.807, 2.05) is 0 Å². The van der Waals surface area contributed by atoms with Crippen molar-refractivity contribution in [2.45, 2.75) is 0 Å². The molecule has 0 atom stereocenters. The van der Waals surface area contributed by atoms with Crippen molar-refractivity contribution in [2.24, 2.45) is 0 Å². The van der Waals surface area contributed by atoms with E-state index < -0.39 is 23.1 Å². The zero-order valence-corrected chi connectivity index (χ0v) is 14.4. The summed E-state index contributed by atoms with van der Waals surface area (Å²) in [5.74, 6) is -2.70. The molecule has 0 aliphatic carbocycles. The molecule has 134 valence electrons. The molecule has 1 amide bonds. The van der Waals surface area contributed by atoms with Crippen LogP contribution in [0.4, 0.5) is 14.5 Å². The van der Waals surface area contributed by atoms with Gasteiger partial charge in [-0.2, -0.15) is 0 Å². The Bertz CT molecular complexity index is 1140. The van der Waals surface area contributed by atoms with Gasteiger partial charge < -0.3 is 9.73 Å². The number of fused-ring (bicyclic) bond motifs is 1. The molecule has 0 saturated carbocycles. The van der Waals surface area contributed by atoms with Gasteiger partial charge in [-0.05, 0) is 42.0 Å². The molecule has 4 aromatic rings. The average molecular weight is 385 g/mol. The summed E-state index contributed by atoms with van der Waals surface area (Å²) in [5, 5.41) is 2.98. The highest BCUT2D eigenvalue weighted by Gasteiger charge is 2.17. The van der Waals surface area contributed by atoms with Gasteiger partial charge >= 0.3 is 0 Å². The van der Waals surface area contributed by atoms with Crippen LogP contribution in [0.25, 0.3) is 22.2 Å². The standard InChI is InChI=1S/C20H11ClF2N2O2/c21-14-9-17-18(27-10-24-17)8-13(14)11-4-6-12(7-5-11)25-20(26)19-15(22)2-1-3-16(19)23/h1-10H,(H,25,26). The first kappa shape index (κ1) is 17.2. The summed E-state index contributed by atoms with van der Waals surface area (Å²) in [6.07, 6.45) is 1.34. The Balaban J connectivity index is 1.60. The topological polar surface area (TPSA) is 55.1 Å². The number of aromatic nitrogens is 1. The van der Waals surface area contributed by atoms with Crippen molar-refractivity contribution in [2.75, 3.05) is 5.32 Å². The molecule has 4 rings (SSSR count). The minimum absolute atomic E-state index is 0.392. The fourth-order valence-electron chi connectivity index (χ4n) is 2.74. The Morgan fingerprint density at radius 1 is 1.04 bits per heavy atom. The number of rotatable bonds is 3.